The van der Waals surface area contributed by atoms with Gasteiger partial charge in [-0.1, -0.05) is 6.92 Å². The summed E-state index contributed by atoms with van der Waals surface area (Å²) in [4.78, 5) is 5.94. The summed E-state index contributed by atoms with van der Waals surface area (Å²) in [7, 11) is 0. The summed E-state index contributed by atoms with van der Waals surface area (Å²) < 4.78 is 0. The Morgan fingerprint density at radius 1 is 1.50 bits per heavy atom. The highest BCUT2D eigenvalue weighted by atomic mass is 32.2. The minimum absolute atomic E-state index is 0.642. The zero-order valence-electron chi connectivity index (χ0n) is 9.57. The summed E-state index contributed by atoms with van der Waals surface area (Å²) in [6.45, 7) is 4.28. The maximum Gasteiger partial charge on any atom is 0.107 e. The SMILES string of the molecule is CCCNCc1cnc(C2CSCCS2)s1. The summed E-state index contributed by atoms with van der Waals surface area (Å²) >= 11 is 6.01. The van der Waals surface area contributed by atoms with Crippen LogP contribution in [0.15, 0.2) is 6.20 Å². The van der Waals surface area contributed by atoms with Crippen molar-refractivity contribution in [3.8, 4) is 0 Å². The van der Waals surface area contributed by atoms with Crippen LogP contribution in [0.3, 0.4) is 0 Å². The maximum atomic E-state index is 4.56. The van der Waals surface area contributed by atoms with Gasteiger partial charge in [-0.2, -0.15) is 11.8 Å². The molecule has 1 aliphatic heterocycles. The number of aromatic nitrogens is 1. The highest BCUT2D eigenvalue weighted by Crippen LogP contribution is 2.38. The number of hydrogen-bond acceptors (Lipinski definition) is 5. The van der Waals surface area contributed by atoms with E-state index in [0.29, 0.717) is 5.25 Å². The van der Waals surface area contributed by atoms with Gasteiger partial charge in [0.05, 0.1) is 5.25 Å². The van der Waals surface area contributed by atoms with Crippen molar-refractivity contribution in [1.82, 2.24) is 10.3 Å². The Kier molecular flexibility index (Phi) is 5.48. The normalized spacial score (nSPS) is 21.2. The van der Waals surface area contributed by atoms with E-state index in [0.717, 1.165) is 13.1 Å². The molecular formula is C11H18N2S3. The highest BCUT2D eigenvalue weighted by Gasteiger charge is 2.19. The van der Waals surface area contributed by atoms with Gasteiger partial charge in [0.25, 0.3) is 0 Å². The summed E-state index contributed by atoms with van der Waals surface area (Å²) in [5, 5.41) is 5.39. The Balaban J connectivity index is 1.85. The van der Waals surface area contributed by atoms with Crippen LogP contribution in [-0.4, -0.2) is 28.8 Å². The minimum Gasteiger partial charge on any atom is -0.312 e. The smallest absolute Gasteiger partial charge is 0.107 e. The average Bonchev–Trinajstić information content (AvgIpc) is 2.79. The van der Waals surface area contributed by atoms with Gasteiger partial charge in [-0.15, -0.1) is 23.1 Å². The van der Waals surface area contributed by atoms with Crippen molar-refractivity contribution in [2.45, 2.75) is 25.1 Å². The average molecular weight is 274 g/mol. The fourth-order valence-electron chi connectivity index (χ4n) is 1.57. The molecule has 1 saturated heterocycles. The van der Waals surface area contributed by atoms with Crippen molar-refractivity contribution < 1.29 is 0 Å². The van der Waals surface area contributed by atoms with Gasteiger partial charge in [0.2, 0.25) is 0 Å². The van der Waals surface area contributed by atoms with Crippen molar-refractivity contribution in [3.63, 3.8) is 0 Å². The quantitative estimate of drug-likeness (QED) is 0.834. The van der Waals surface area contributed by atoms with Crippen LogP contribution >= 0.6 is 34.9 Å². The molecule has 0 aromatic carbocycles. The lowest BCUT2D eigenvalue weighted by molar-refractivity contribution is 0.681. The van der Waals surface area contributed by atoms with Crippen molar-refractivity contribution in [2.75, 3.05) is 23.8 Å². The molecule has 0 saturated carbocycles. The van der Waals surface area contributed by atoms with E-state index in [4.69, 9.17) is 0 Å². The molecule has 2 rings (SSSR count). The molecule has 1 aromatic rings. The first-order valence-corrected chi connectivity index (χ1v) is 8.77. The van der Waals surface area contributed by atoms with Crippen molar-refractivity contribution in [2.24, 2.45) is 0 Å². The van der Waals surface area contributed by atoms with Gasteiger partial charge < -0.3 is 5.32 Å². The first kappa shape index (κ1) is 12.7. The van der Waals surface area contributed by atoms with Crippen LogP contribution < -0.4 is 5.32 Å². The largest absolute Gasteiger partial charge is 0.312 e. The summed E-state index contributed by atoms with van der Waals surface area (Å²) in [5.74, 6) is 3.82. The molecule has 0 bridgehead atoms. The third-order valence-electron chi connectivity index (χ3n) is 2.39. The molecule has 1 atom stereocenters. The number of thiazole rings is 1. The van der Waals surface area contributed by atoms with E-state index in [1.807, 2.05) is 17.5 Å². The second-order valence-corrected chi connectivity index (χ2v) is 7.38. The Bertz CT molecular complexity index is 308. The maximum absolute atomic E-state index is 4.56. The van der Waals surface area contributed by atoms with Gasteiger partial charge in [0, 0.05) is 34.9 Å². The minimum atomic E-state index is 0.642. The van der Waals surface area contributed by atoms with E-state index in [2.05, 4.69) is 40.7 Å². The van der Waals surface area contributed by atoms with Crippen LogP contribution in [0.5, 0.6) is 0 Å². The van der Waals surface area contributed by atoms with Crippen LogP contribution in [0, 0.1) is 0 Å². The predicted octanol–water partition coefficient (Wildman–Crippen LogP) is 3.16. The second-order valence-electron chi connectivity index (χ2n) is 3.78. The van der Waals surface area contributed by atoms with Crippen LogP contribution in [-0.2, 0) is 6.54 Å². The third-order valence-corrected chi connectivity index (χ3v) is 6.41. The molecule has 1 N–H and O–H groups in total. The Morgan fingerprint density at radius 2 is 2.44 bits per heavy atom. The van der Waals surface area contributed by atoms with Crippen LogP contribution in [0.4, 0.5) is 0 Å². The topological polar surface area (TPSA) is 24.9 Å². The molecule has 0 spiro atoms. The van der Waals surface area contributed by atoms with Crippen molar-refractivity contribution in [1.29, 1.82) is 0 Å². The molecule has 1 fully saturated rings. The molecule has 1 unspecified atom stereocenters. The Labute approximate surface area is 110 Å². The third kappa shape index (κ3) is 3.65. The van der Waals surface area contributed by atoms with Gasteiger partial charge in [-0.25, -0.2) is 4.98 Å². The molecule has 1 aromatic heterocycles. The van der Waals surface area contributed by atoms with Crippen molar-refractivity contribution in [3.05, 3.63) is 16.1 Å². The molecule has 16 heavy (non-hydrogen) atoms. The molecule has 2 nitrogen and oxygen atoms in total. The molecule has 0 amide bonds. The number of thioether (sulfide) groups is 2. The number of hydrogen-bond donors (Lipinski definition) is 1. The molecular weight excluding hydrogens is 256 g/mol. The number of nitrogens with zero attached hydrogens (tertiary/aromatic N) is 1. The highest BCUT2D eigenvalue weighted by molar-refractivity contribution is 8.06. The van der Waals surface area contributed by atoms with E-state index in [1.54, 1.807) is 0 Å². The zero-order chi connectivity index (χ0) is 11.2. The standard InChI is InChI=1S/C11H18N2S3/c1-2-3-12-6-9-7-13-11(16-9)10-8-14-4-5-15-10/h7,10,12H,2-6,8H2,1H3. The first-order valence-electron chi connectivity index (χ1n) is 5.75. The lowest BCUT2D eigenvalue weighted by atomic mass is 10.4. The zero-order valence-corrected chi connectivity index (χ0v) is 12.0. The lowest BCUT2D eigenvalue weighted by Gasteiger charge is -2.18. The van der Waals surface area contributed by atoms with Crippen molar-refractivity contribution >= 4 is 34.9 Å². The van der Waals surface area contributed by atoms with E-state index in [-0.39, 0.29) is 0 Å². The van der Waals surface area contributed by atoms with Crippen LogP contribution in [0.1, 0.15) is 28.5 Å². The van der Waals surface area contributed by atoms with E-state index >= 15 is 0 Å². The van der Waals surface area contributed by atoms with Crippen LogP contribution in [0.2, 0.25) is 0 Å². The van der Waals surface area contributed by atoms with E-state index in [1.165, 1.54) is 33.6 Å². The van der Waals surface area contributed by atoms with Crippen LogP contribution in [0.25, 0.3) is 0 Å². The summed E-state index contributed by atoms with van der Waals surface area (Å²) in [5.41, 5.74) is 0. The summed E-state index contributed by atoms with van der Waals surface area (Å²) in [6, 6.07) is 0. The van der Waals surface area contributed by atoms with Gasteiger partial charge in [0.15, 0.2) is 0 Å². The fourth-order valence-corrected chi connectivity index (χ4v) is 5.45. The fraction of sp³-hybridized carbons (Fsp3) is 0.727. The Hall–Kier alpha value is 0.290. The van der Waals surface area contributed by atoms with Gasteiger partial charge in [-0.3, -0.25) is 0 Å². The van der Waals surface area contributed by atoms with Gasteiger partial charge in [-0.05, 0) is 13.0 Å². The molecule has 0 radical (unpaired) electrons. The van der Waals surface area contributed by atoms with Gasteiger partial charge in [0.1, 0.15) is 5.01 Å². The molecule has 5 heteroatoms. The molecule has 90 valence electrons. The Morgan fingerprint density at radius 3 is 3.19 bits per heavy atom. The molecule has 1 aliphatic rings. The van der Waals surface area contributed by atoms with Gasteiger partial charge >= 0.3 is 0 Å². The first-order chi connectivity index (χ1) is 7.90. The molecule has 0 aliphatic carbocycles. The molecule has 2 heterocycles. The number of rotatable bonds is 5. The second kappa shape index (κ2) is 6.89. The van der Waals surface area contributed by atoms with E-state index < -0.39 is 0 Å². The summed E-state index contributed by atoms with van der Waals surface area (Å²) in [6.07, 6.45) is 3.24. The number of nitrogens with one attached hydrogen (secondary N) is 1. The lowest BCUT2D eigenvalue weighted by Crippen LogP contribution is -2.12. The monoisotopic (exact) mass is 274 g/mol. The predicted molar refractivity (Wildman–Crippen MR) is 76.6 cm³/mol. The van der Waals surface area contributed by atoms with E-state index in [9.17, 15) is 0 Å².